The first kappa shape index (κ1) is 22.5. The minimum atomic E-state index is -0.271. The van der Waals surface area contributed by atoms with Crippen LogP contribution in [0.2, 0.25) is 0 Å². The predicted molar refractivity (Wildman–Crippen MR) is 130 cm³/mol. The largest absolute Gasteiger partial charge is 0.493 e. The number of aryl methyl sites for hydroxylation is 1. The van der Waals surface area contributed by atoms with Gasteiger partial charge in [0.05, 0.1) is 12.9 Å². The van der Waals surface area contributed by atoms with Gasteiger partial charge in [0, 0.05) is 31.4 Å². The summed E-state index contributed by atoms with van der Waals surface area (Å²) >= 11 is 0. The van der Waals surface area contributed by atoms with E-state index in [1.807, 2.05) is 24.3 Å². The number of nitrogens with one attached hydrogen (secondary N) is 3. The molecule has 3 aromatic rings. The quantitative estimate of drug-likeness (QED) is 0.333. The molecule has 3 N–H and O–H groups in total. The van der Waals surface area contributed by atoms with Crippen LogP contribution in [0.4, 0.5) is 5.69 Å². The molecular formula is C26H30N4O3. The van der Waals surface area contributed by atoms with E-state index in [1.54, 1.807) is 19.2 Å². The van der Waals surface area contributed by atoms with Gasteiger partial charge in [-0.05, 0) is 67.1 Å². The highest BCUT2D eigenvalue weighted by molar-refractivity contribution is 6.02. The molecule has 1 aliphatic carbocycles. The lowest BCUT2D eigenvalue weighted by Crippen LogP contribution is -2.36. The molecule has 1 fully saturated rings. The Kier molecular flexibility index (Phi) is 7.29. The number of hydrogen-bond acceptors (Lipinski definition) is 4. The molecule has 7 heteroatoms. The number of amides is 1. The maximum Gasteiger partial charge on any atom is 0.291 e. The minimum absolute atomic E-state index is 0.271. The maximum atomic E-state index is 12.1. The second kappa shape index (κ2) is 10.7. The number of ether oxygens (including phenoxy) is 1. The molecule has 1 aromatic heterocycles. The average Bonchev–Trinajstić information content (AvgIpc) is 3.49. The van der Waals surface area contributed by atoms with Crippen molar-refractivity contribution in [1.82, 2.24) is 10.6 Å². The first-order chi connectivity index (χ1) is 16.1. The summed E-state index contributed by atoms with van der Waals surface area (Å²) in [7, 11) is 1.75. The molecule has 4 rings (SSSR count). The molecule has 0 atom stereocenters. The Morgan fingerprint density at radius 2 is 1.88 bits per heavy atom. The van der Waals surface area contributed by atoms with Crippen LogP contribution in [0.1, 0.15) is 40.1 Å². The van der Waals surface area contributed by atoms with Gasteiger partial charge in [-0.1, -0.05) is 24.3 Å². The molecule has 33 heavy (non-hydrogen) atoms. The molecule has 0 unspecified atom stereocenters. The zero-order valence-corrected chi connectivity index (χ0v) is 19.1. The Balaban J connectivity index is 1.27. The molecule has 1 amide bonds. The molecular weight excluding hydrogens is 416 g/mol. The van der Waals surface area contributed by atoms with Gasteiger partial charge in [-0.25, -0.2) is 0 Å². The van der Waals surface area contributed by atoms with E-state index in [-0.39, 0.29) is 11.7 Å². The monoisotopic (exact) mass is 446 g/mol. The maximum absolute atomic E-state index is 12.1. The molecule has 0 spiro atoms. The number of nitrogens with zero attached hydrogens (tertiary/aromatic N) is 1. The van der Waals surface area contributed by atoms with E-state index in [9.17, 15) is 4.79 Å². The first-order valence-electron chi connectivity index (χ1n) is 11.2. The Bertz CT molecular complexity index is 1090. The lowest BCUT2D eigenvalue weighted by molar-refractivity contribution is 0.0996. The van der Waals surface area contributed by atoms with E-state index in [2.05, 4.69) is 46.1 Å². The number of hydrogen-bond donors (Lipinski definition) is 3. The summed E-state index contributed by atoms with van der Waals surface area (Å²) in [6.45, 7) is 4.10. The van der Waals surface area contributed by atoms with Crippen LogP contribution in [0.25, 0.3) is 0 Å². The summed E-state index contributed by atoms with van der Waals surface area (Å²) in [6.07, 6.45) is 4.02. The highest BCUT2D eigenvalue weighted by Crippen LogP contribution is 2.30. The molecule has 172 valence electrons. The number of furan rings is 1. The second-order valence-electron chi connectivity index (χ2n) is 8.27. The van der Waals surface area contributed by atoms with Crippen molar-refractivity contribution in [2.45, 2.75) is 32.9 Å². The zero-order chi connectivity index (χ0) is 23.0. The Morgan fingerprint density at radius 1 is 1.09 bits per heavy atom. The lowest BCUT2D eigenvalue weighted by atomic mass is 10.1. The van der Waals surface area contributed by atoms with Crippen molar-refractivity contribution in [2.24, 2.45) is 10.9 Å². The van der Waals surface area contributed by atoms with E-state index in [0.29, 0.717) is 30.7 Å². The van der Waals surface area contributed by atoms with Crippen LogP contribution in [0.5, 0.6) is 5.75 Å². The van der Waals surface area contributed by atoms with Gasteiger partial charge in [0.15, 0.2) is 11.7 Å². The average molecular weight is 447 g/mol. The summed E-state index contributed by atoms with van der Waals surface area (Å²) in [4.78, 5) is 16.4. The smallest absolute Gasteiger partial charge is 0.291 e. The van der Waals surface area contributed by atoms with Crippen LogP contribution in [-0.4, -0.2) is 25.5 Å². The van der Waals surface area contributed by atoms with Gasteiger partial charge in [0.1, 0.15) is 5.75 Å². The van der Waals surface area contributed by atoms with Crippen molar-refractivity contribution in [1.29, 1.82) is 0 Å². The van der Waals surface area contributed by atoms with Crippen LogP contribution >= 0.6 is 0 Å². The van der Waals surface area contributed by atoms with Crippen molar-refractivity contribution in [2.75, 3.05) is 19.0 Å². The Hall–Kier alpha value is -3.74. The van der Waals surface area contributed by atoms with Crippen molar-refractivity contribution in [3.05, 3.63) is 83.3 Å². The van der Waals surface area contributed by atoms with Crippen LogP contribution < -0.4 is 20.7 Å². The molecule has 1 saturated carbocycles. The van der Waals surface area contributed by atoms with E-state index >= 15 is 0 Å². The van der Waals surface area contributed by atoms with Crippen LogP contribution in [-0.2, 0) is 13.1 Å². The summed E-state index contributed by atoms with van der Waals surface area (Å²) in [5.41, 5.74) is 4.08. The van der Waals surface area contributed by atoms with Gasteiger partial charge in [0.2, 0.25) is 0 Å². The number of aliphatic imine (C=N–C) groups is 1. The Labute approximate surface area is 194 Å². The van der Waals surface area contributed by atoms with Gasteiger partial charge < -0.3 is 25.1 Å². The fourth-order valence-electron chi connectivity index (χ4n) is 3.33. The normalized spacial score (nSPS) is 13.5. The fraction of sp³-hybridized carbons (Fsp3) is 0.308. The van der Waals surface area contributed by atoms with Crippen LogP contribution in [0.15, 0.2) is 70.3 Å². The van der Waals surface area contributed by atoms with E-state index in [0.717, 1.165) is 23.5 Å². The van der Waals surface area contributed by atoms with Crippen molar-refractivity contribution >= 4 is 17.6 Å². The highest BCUT2D eigenvalue weighted by atomic mass is 16.5. The van der Waals surface area contributed by atoms with Crippen LogP contribution in [0, 0.1) is 12.8 Å². The van der Waals surface area contributed by atoms with Gasteiger partial charge >= 0.3 is 0 Å². The van der Waals surface area contributed by atoms with E-state index in [4.69, 9.17) is 9.15 Å². The SMILES string of the molecule is CN=C(NCc1ccc(NC(=O)c2ccco2)cc1)NCc1ccc(C)cc1OCC1CC1. The minimum Gasteiger partial charge on any atom is -0.493 e. The number of guanidine groups is 1. The predicted octanol–water partition coefficient (Wildman–Crippen LogP) is 4.49. The van der Waals surface area contributed by atoms with Crippen molar-refractivity contribution in [3.63, 3.8) is 0 Å². The number of carbonyl (C=O) groups is 1. The van der Waals surface area contributed by atoms with E-state index in [1.165, 1.54) is 24.7 Å². The molecule has 1 aliphatic rings. The fourth-order valence-corrected chi connectivity index (χ4v) is 3.33. The van der Waals surface area contributed by atoms with Crippen molar-refractivity contribution < 1.29 is 13.9 Å². The third kappa shape index (κ3) is 6.62. The topological polar surface area (TPSA) is 87.9 Å². The summed E-state index contributed by atoms with van der Waals surface area (Å²) in [6, 6.07) is 17.3. The van der Waals surface area contributed by atoms with Crippen LogP contribution in [0.3, 0.4) is 0 Å². The van der Waals surface area contributed by atoms with Gasteiger partial charge in [-0.2, -0.15) is 0 Å². The molecule has 0 bridgehead atoms. The lowest BCUT2D eigenvalue weighted by Gasteiger charge is -2.15. The van der Waals surface area contributed by atoms with E-state index < -0.39 is 0 Å². The number of benzene rings is 2. The molecule has 0 radical (unpaired) electrons. The molecule has 7 nitrogen and oxygen atoms in total. The Morgan fingerprint density at radius 3 is 2.58 bits per heavy atom. The number of rotatable bonds is 9. The summed E-state index contributed by atoms with van der Waals surface area (Å²) in [5.74, 6) is 2.37. The number of carbonyl (C=O) groups excluding carboxylic acids is 1. The van der Waals surface area contributed by atoms with Gasteiger partial charge in [-0.15, -0.1) is 0 Å². The molecule has 1 heterocycles. The summed E-state index contributed by atoms with van der Waals surface area (Å²) < 4.78 is 11.2. The first-order valence-corrected chi connectivity index (χ1v) is 11.2. The zero-order valence-electron chi connectivity index (χ0n) is 19.1. The highest BCUT2D eigenvalue weighted by Gasteiger charge is 2.22. The molecule has 2 aromatic carbocycles. The summed E-state index contributed by atoms with van der Waals surface area (Å²) in [5, 5.41) is 9.50. The molecule has 0 saturated heterocycles. The molecule has 0 aliphatic heterocycles. The van der Waals surface area contributed by atoms with Crippen molar-refractivity contribution in [3.8, 4) is 5.75 Å². The van der Waals surface area contributed by atoms with Gasteiger partial charge in [-0.3, -0.25) is 9.79 Å². The standard InChI is InChI=1S/C26H30N4O3/c1-18-5-10-21(24(14-18)33-17-20-6-7-20)16-29-26(27-2)28-15-19-8-11-22(12-9-19)30-25(31)23-4-3-13-32-23/h3-5,8-14,20H,6-7,15-17H2,1-2H3,(H,30,31)(H2,27,28,29). The number of anilines is 1. The third-order valence-electron chi connectivity index (χ3n) is 5.48. The second-order valence-corrected chi connectivity index (χ2v) is 8.27. The van der Waals surface area contributed by atoms with Gasteiger partial charge in [0.25, 0.3) is 5.91 Å². The third-order valence-corrected chi connectivity index (χ3v) is 5.48.